The molecule has 5 nitrogen and oxygen atoms in total. The van der Waals surface area contributed by atoms with Crippen LogP contribution in [0.3, 0.4) is 0 Å². The van der Waals surface area contributed by atoms with Gasteiger partial charge in [-0.1, -0.05) is 13.0 Å². The molecule has 1 aliphatic heterocycles. The molecule has 6 heteroatoms. The molecule has 3 rings (SSSR count). The zero-order chi connectivity index (χ0) is 14.9. The Hall–Kier alpha value is -0.980. The van der Waals surface area contributed by atoms with E-state index in [-0.39, 0.29) is 5.03 Å². The Kier molecular flexibility index (Phi) is 4.28. The first kappa shape index (κ1) is 14.9. The number of pyridine rings is 1. The van der Waals surface area contributed by atoms with E-state index in [2.05, 4.69) is 17.2 Å². The Morgan fingerprint density at radius 2 is 1.95 bits per heavy atom. The van der Waals surface area contributed by atoms with E-state index < -0.39 is 10.0 Å². The third kappa shape index (κ3) is 3.62. The average molecular weight is 309 g/mol. The second kappa shape index (κ2) is 6.02. The molecule has 0 unspecified atom stereocenters. The summed E-state index contributed by atoms with van der Waals surface area (Å²) in [4.78, 5) is 4.17. The summed E-state index contributed by atoms with van der Waals surface area (Å²) in [5, 5.41) is 3.57. The molecule has 0 aromatic carbocycles. The van der Waals surface area contributed by atoms with Gasteiger partial charge >= 0.3 is 0 Å². The second-order valence-electron chi connectivity index (χ2n) is 6.25. The van der Waals surface area contributed by atoms with Gasteiger partial charge in [-0.15, -0.1) is 0 Å². The fourth-order valence-corrected chi connectivity index (χ4v) is 3.96. The van der Waals surface area contributed by atoms with Crippen LogP contribution in [0.2, 0.25) is 0 Å². The Balaban J connectivity index is 1.66. The average Bonchev–Trinajstić information content (AvgIpc) is 3.30. The van der Waals surface area contributed by atoms with E-state index in [1.165, 1.54) is 12.8 Å². The SMILES string of the molecule is CC1CCN(S(=O)(=O)c2ccc(CNC3CC3)cn2)CC1. The molecular formula is C15H23N3O2S. The zero-order valence-corrected chi connectivity index (χ0v) is 13.3. The standard InChI is InChI=1S/C15H23N3O2S/c1-12-6-8-18(9-7-12)21(19,20)15-5-2-13(11-17-15)10-16-14-3-4-14/h2,5,11-12,14,16H,3-4,6-10H2,1H3. The number of piperidine rings is 1. The van der Waals surface area contributed by atoms with E-state index in [1.807, 2.05) is 6.07 Å². The number of nitrogens with one attached hydrogen (secondary N) is 1. The molecule has 1 aliphatic carbocycles. The lowest BCUT2D eigenvalue weighted by Crippen LogP contribution is -2.38. The number of nitrogens with zero attached hydrogens (tertiary/aromatic N) is 2. The third-order valence-corrected chi connectivity index (χ3v) is 6.13. The highest BCUT2D eigenvalue weighted by Gasteiger charge is 2.29. The molecular weight excluding hydrogens is 286 g/mol. The molecule has 1 N–H and O–H groups in total. The van der Waals surface area contributed by atoms with E-state index in [9.17, 15) is 8.42 Å². The van der Waals surface area contributed by atoms with Gasteiger partial charge in [-0.2, -0.15) is 4.31 Å². The van der Waals surface area contributed by atoms with E-state index in [0.29, 0.717) is 25.0 Å². The number of rotatable bonds is 5. The maximum absolute atomic E-state index is 12.5. The Labute approximate surface area is 126 Å². The van der Waals surface area contributed by atoms with Crippen molar-refractivity contribution in [1.29, 1.82) is 0 Å². The van der Waals surface area contributed by atoms with Crippen LogP contribution in [0.5, 0.6) is 0 Å². The first-order valence-corrected chi connectivity index (χ1v) is 9.18. The lowest BCUT2D eigenvalue weighted by molar-refractivity contribution is 0.287. The molecule has 0 radical (unpaired) electrons. The van der Waals surface area contributed by atoms with Crippen molar-refractivity contribution in [1.82, 2.24) is 14.6 Å². The maximum Gasteiger partial charge on any atom is 0.260 e. The maximum atomic E-state index is 12.5. The van der Waals surface area contributed by atoms with Crippen molar-refractivity contribution in [3.8, 4) is 0 Å². The number of sulfonamides is 1. The Morgan fingerprint density at radius 3 is 2.52 bits per heavy atom. The zero-order valence-electron chi connectivity index (χ0n) is 12.5. The summed E-state index contributed by atoms with van der Waals surface area (Å²) >= 11 is 0. The van der Waals surface area contributed by atoms with Gasteiger partial charge in [0.1, 0.15) is 0 Å². The molecule has 2 aliphatic rings. The van der Waals surface area contributed by atoms with E-state index in [4.69, 9.17) is 0 Å². The van der Waals surface area contributed by atoms with Crippen LogP contribution >= 0.6 is 0 Å². The normalized spacial score (nSPS) is 21.6. The van der Waals surface area contributed by atoms with Crippen molar-refractivity contribution in [2.45, 2.75) is 50.2 Å². The van der Waals surface area contributed by atoms with Crippen LogP contribution in [0, 0.1) is 5.92 Å². The highest BCUT2D eigenvalue weighted by molar-refractivity contribution is 7.89. The van der Waals surface area contributed by atoms with Crippen molar-refractivity contribution in [3.05, 3.63) is 23.9 Å². The first-order chi connectivity index (χ1) is 10.1. The van der Waals surface area contributed by atoms with Gasteiger partial charge in [0, 0.05) is 31.9 Å². The van der Waals surface area contributed by atoms with Crippen molar-refractivity contribution in [2.75, 3.05) is 13.1 Å². The fourth-order valence-electron chi connectivity index (χ4n) is 2.58. The fraction of sp³-hybridized carbons (Fsp3) is 0.667. The van der Waals surface area contributed by atoms with Gasteiger partial charge in [0.15, 0.2) is 5.03 Å². The Bertz CT molecular complexity index is 573. The summed E-state index contributed by atoms with van der Waals surface area (Å²) in [6, 6.07) is 4.14. The van der Waals surface area contributed by atoms with Gasteiger partial charge in [-0.3, -0.25) is 0 Å². The van der Waals surface area contributed by atoms with Crippen LogP contribution in [-0.2, 0) is 16.6 Å². The third-order valence-electron chi connectivity index (χ3n) is 4.32. The lowest BCUT2D eigenvalue weighted by atomic mass is 10.0. The molecule has 1 saturated heterocycles. The van der Waals surface area contributed by atoms with Crippen LogP contribution in [0.1, 0.15) is 38.2 Å². The van der Waals surface area contributed by atoms with Crippen LogP contribution < -0.4 is 5.32 Å². The second-order valence-corrected chi connectivity index (χ2v) is 8.13. The van der Waals surface area contributed by atoms with Gasteiger partial charge in [-0.25, -0.2) is 13.4 Å². The van der Waals surface area contributed by atoms with E-state index >= 15 is 0 Å². The summed E-state index contributed by atoms with van der Waals surface area (Å²) in [5.41, 5.74) is 1.04. The lowest BCUT2D eigenvalue weighted by Gasteiger charge is -2.29. The monoisotopic (exact) mass is 309 g/mol. The molecule has 21 heavy (non-hydrogen) atoms. The van der Waals surface area contributed by atoms with Crippen LogP contribution in [0.25, 0.3) is 0 Å². The van der Waals surface area contributed by atoms with E-state index in [0.717, 1.165) is 24.9 Å². The summed E-state index contributed by atoms with van der Waals surface area (Å²) < 4.78 is 26.6. The van der Waals surface area contributed by atoms with Gasteiger partial charge in [0.05, 0.1) is 0 Å². The predicted molar refractivity (Wildman–Crippen MR) is 81.3 cm³/mol. The number of hydrogen-bond donors (Lipinski definition) is 1. The van der Waals surface area contributed by atoms with Crippen molar-refractivity contribution >= 4 is 10.0 Å². The summed E-state index contributed by atoms with van der Waals surface area (Å²) in [7, 11) is -3.42. The largest absolute Gasteiger partial charge is 0.310 e. The summed E-state index contributed by atoms with van der Waals surface area (Å²) in [6.07, 6.45) is 6.03. The smallest absolute Gasteiger partial charge is 0.260 e. The van der Waals surface area contributed by atoms with Gasteiger partial charge < -0.3 is 5.32 Å². The van der Waals surface area contributed by atoms with Crippen LogP contribution in [0.15, 0.2) is 23.4 Å². The molecule has 0 bridgehead atoms. The highest BCUT2D eigenvalue weighted by Crippen LogP contribution is 2.23. The van der Waals surface area contributed by atoms with Gasteiger partial charge in [-0.05, 0) is 43.2 Å². The van der Waals surface area contributed by atoms with Gasteiger partial charge in [0.2, 0.25) is 0 Å². The molecule has 0 spiro atoms. The molecule has 0 atom stereocenters. The van der Waals surface area contributed by atoms with Crippen LogP contribution in [-0.4, -0.2) is 36.8 Å². The molecule has 1 aromatic heterocycles. The number of aromatic nitrogens is 1. The highest BCUT2D eigenvalue weighted by atomic mass is 32.2. The predicted octanol–water partition coefficient (Wildman–Crippen LogP) is 1.75. The summed E-state index contributed by atoms with van der Waals surface area (Å²) in [6.45, 7) is 4.15. The van der Waals surface area contributed by atoms with Crippen molar-refractivity contribution < 1.29 is 8.42 Å². The first-order valence-electron chi connectivity index (χ1n) is 7.74. The molecule has 2 heterocycles. The molecule has 116 valence electrons. The number of hydrogen-bond acceptors (Lipinski definition) is 4. The Morgan fingerprint density at radius 1 is 1.24 bits per heavy atom. The minimum absolute atomic E-state index is 0.173. The minimum atomic E-state index is -3.42. The molecule has 1 saturated carbocycles. The van der Waals surface area contributed by atoms with Gasteiger partial charge in [0.25, 0.3) is 10.0 Å². The molecule has 1 aromatic rings. The minimum Gasteiger partial charge on any atom is -0.310 e. The summed E-state index contributed by atoms with van der Waals surface area (Å²) in [5.74, 6) is 0.611. The van der Waals surface area contributed by atoms with Crippen molar-refractivity contribution in [3.63, 3.8) is 0 Å². The molecule has 2 fully saturated rings. The van der Waals surface area contributed by atoms with Crippen LogP contribution in [0.4, 0.5) is 0 Å². The van der Waals surface area contributed by atoms with E-state index in [1.54, 1.807) is 16.6 Å². The van der Waals surface area contributed by atoms with Crippen molar-refractivity contribution in [2.24, 2.45) is 5.92 Å². The quantitative estimate of drug-likeness (QED) is 0.900. The topological polar surface area (TPSA) is 62.3 Å². The molecule has 0 amide bonds.